The number of phenolic OH excluding ortho intramolecular Hbond substituents is 1. The van der Waals surface area contributed by atoms with Crippen LogP contribution in [-0.2, 0) is 14.3 Å². The first-order valence-corrected chi connectivity index (χ1v) is 13.8. The van der Waals surface area contributed by atoms with Crippen molar-refractivity contribution < 1.29 is 29.0 Å². The van der Waals surface area contributed by atoms with Gasteiger partial charge >= 0.3 is 6.09 Å². The number of hydrogen-bond acceptors (Lipinski definition) is 7. The van der Waals surface area contributed by atoms with Gasteiger partial charge in [0.25, 0.3) is 0 Å². The summed E-state index contributed by atoms with van der Waals surface area (Å²) in [6, 6.07) is 18.4. The van der Waals surface area contributed by atoms with E-state index in [0.29, 0.717) is 47.6 Å². The molecule has 5 N–H and O–H groups in total. The minimum Gasteiger partial charge on any atom is -0.508 e. The highest BCUT2D eigenvalue weighted by Crippen LogP contribution is 2.34. The van der Waals surface area contributed by atoms with E-state index < -0.39 is 18.3 Å². The Bertz CT molecular complexity index is 1360. The van der Waals surface area contributed by atoms with Crippen LogP contribution in [0.4, 0.5) is 21.9 Å². The van der Waals surface area contributed by atoms with Crippen LogP contribution in [0.15, 0.2) is 78.9 Å². The number of carbonyl (C=O) groups excluding carboxylic acids is 3. The van der Waals surface area contributed by atoms with Crippen molar-refractivity contribution in [3.8, 4) is 5.75 Å². The molecule has 0 fully saturated rings. The highest BCUT2D eigenvalue weighted by atomic mass is 127. The van der Waals surface area contributed by atoms with Gasteiger partial charge in [0.2, 0.25) is 5.91 Å². The van der Waals surface area contributed by atoms with E-state index >= 15 is 0 Å². The van der Waals surface area contributed by atoms with E-state index in [2.05, 4.69) is 33.2 Å². The van der Waals surface area contributed by atoms with Gasteiger partial charge in [-0.2, -0.15) is 0 Å². The van der Waals surface area contributed by atoms with Gasteiger partial charge < -0.3 is 25.6 Å². The summed E-state index contributed by atoms with van der Waals surface area (Å²) in [6.07, 6.45) is 1.60. The Hall–Kier alpha value is -3.90. The summed E-state index contributed by atoms with van der Waals surface area (Å²) in [5.74, 6) is -0.452. The average Bonchev–Trinajstić information content (AvgIpc) is 2.92. The van der Waals surface area contributed by atoms with Crippen LogP contribution in [0.2, 0.25) is 0 Å². The van der Waals surface area contributed by atoms with Crippen LogP contribution >= 0.6 is 22.6 Å². The molecule has 2 amide bonds. The molecule has 0 radical (unpaired) electrons. The Morgan fingerprint density at radius 2 is 1.77 bits per heavy atom. The van der Waals surface area contributed by atoms with Gasteiger partial charge in [0.05, 0.1) is 17.5 Å². The number of para-hydroxylation sites is 2. The lowest BCUT2D eigenvalue weighted by molar-refractivity contribution is -0.111. The Morgan fingerprint density at radius 3 is 2.45 bits per heavy atom. The van der Waals surface area contributed by atoms with Crippen molar-refractivity contribution in [2.24, 2.45) is 0 Å². The number of anilines is 3. The number of carbonyl (C=O) groups is 3. The molecule has 0 aromatic heterocycles. The maximum Gasteiger partial charge on any atom is 0.412 e. The highest BCUT2D eigenvalue weighted by Gasteiger charge is 2.30. The molecule has 3 aromatic carbocycles. The van der Waals surface area contributed by atoms with Gasteiger partial charge in [-0.05, 0) is 110 Å². The molecule has 0 saturated heterocycles. The molecule has 40 heavy (non-hydrogen) atoms. The summed E-state index contributed by atoms with van der Waals surface area (Å²) < 4.78 is 12.6. The normalized spacial score (nSPS) is 12.5. The SMILES string of the molecule is CCO[C@H](CC/C=C/C(=O)Nc1ccccc1N)[C@H](OC(=O)Nc1ccc(C(C)=O)cc1)c1cc(I)ccc1O. The van der Waals surface area contributed by atoms with Gasteiger partial charge in [-0.1, -0.05) is 18.2 Å². The summed E-state index contributed by atoms with van der Waals surface area (Å²) in [5, 5.41) is 16.0. The third-order valence-electron chi connectivity index (χ3n) is 5.89. The van der Waals surface area contributed by atoms with Gasteiger partial charge in [-0.3, -0.25) is 14.9 Å². The zero-order valence-electron chi connectivity index (χ0n) is 22.2. The van der Waals surface area contributed by atoms with E-state index in [1.165, 1.54) is 19.1 Å². The van der Waals surface area contributed by atoms with E-state index in [1.807, 2.05) is 6.92 Å². The number of rotatable bonds is 12. The first kappa shape index (κ1) is 30.6. The number of hydrogen-bond donors (Lipinski definition) is 4. The molecule has 0 aliphatic rings. The number of nitrogens with two attached hydrogens (primary N) is 1. The summed E-state index contributed by atoms with van der Waals surface area (Å²) in [7, 11) is 0. The molecule has 2 atom stereocenters. The molecule has 0 saturated carbocycles. The van der Waals surface area contributed by atoms with Gasteiger partial charge in [0.15, 0.2) is 11.9 Å². The molecule has 3 rings (SSSR count). The maximum atomic E-state index is 12.9. The fourth-order valence-corrected chi connectivity index (χ4v) is 4.43. The number of ketones is 1. The van der Waals surface area contributed by atoms with Gasteiger partial charge in [0, 0.05) is 27.0 Å². The fourth-order valence-electron chi connectivity index (χ4n) is 3.92. The van der Waals surface area contributed by atoms with Crippen LogP contribution in [0, 0.1) is 3.57 Å². The molecule has 0 aliphatic carbocycles. The second-order valence-electron chi connectivity index (χ2n) is 8.84. The number of Topliss-reactive ketones (excluding diaryl/α,β-unsaturated/α-hetero) is 1. The molecule has 0 bridgehead atoms. The number of halogens is 1. The molecule has 210 valence electrons. The number of benzene rings is 3. The van der Waals surface area contributed by atoms with Crippen molar-refractivity contribution in [3.63, 3.8) is 0 Å². The lowest BCUT2D eigenvalue weighted by Gasteiger charge is -2.28. The summed E-state index contributed by atoms with van der Waals surface area (Å²) >= 11 is 2.11. The topological polar surface area (TPSA) is 140 Å². The molecule has 3 aromatic rings. The monoisotopic (exact) mass is 657 g/mol. The van der Waals surface area contributed by atoms with Crippen LogP contribution in [0.1, 0.15) is 48.7 Å². The Labute approximate surface area is 246 Å². The summed E-state index contributed by atoms with van der Waals surface area (Å²) in [6.45, 7) is 3.62. The Morgan fingerprint density at radius 1 is 1.05 bits per heavy atom. The fraction of sp³-hybridized carbons (Fsp3) is 0.233. The minimum atomic E-state index is -0.947. The Kier molecular flexibility index (Phi) is 11.5. The minimum absolute atomic E-state index is 0.0379. The summed E-state index contributed by atoms with van der Waals surface area (Å²) in [4.78, 5) is 36.8. The highest BCUT2D eigenvalue weighted by molar-refractivity contribution is 14.1. The lowest BCUT2D eigenvalue weighted by atomic mass is 9.99. The van der Waals surface area contributed by atoms with E-state index in [1.54, 1.807) is 66.7 Å². The molecule has 0 unspecified atom stereocenters. The van der Waals surface area contributed by atoms with Gasteiger partial charge in [-0.15, -0.1) is 0 Å². The molecule has 0 aliphatic heterocycles. The Balaban J connectivity index is 1.74. The quantitative estimate of drug-likeness (QED) is 0.0760. The van der Waals surface area contributed by atoms with E-state index in [9.17, 15) is 19.5 Å². The van der Waals surface area contributed by atoms with E-state index in [0.717, 1.165) is 3.57 Å². The number of amides is 2. The largest absolute Gasteiger partial charge is 0.508 e. The third-order valence-corrected chi connectivity index (χ3v) is 6.56. The first-order chi connectivity index (χ1) is 19.2. The van der Waals surface area contributed by atoms with Gasteiger partial charge in [0.1, 0.15) is 5.75 Å². The third kappa shape index (κ3) is 9.09. The molecule has 0 spiro atoms. The average molecular weight is 658 g/mol. The number of aromatic hydroxyl groups is 1. The number of nitrogen functional groups attached to an aromatic ring is 1. The maximum absolute atomic E-state index is 12.9. The summed E-state index contributed by atoms with van der Waals surface area (Å²) in [5.41, 5.74) is 8.23. The van der Waals surface area contributed by atoms with Crippen LogP contribution in [0.3, 0.4) is 0 Å². The molecular formula is C30H32IN3O6. The zero-order valence-corrected chi connectivity index (χ0v) is 24.4. The lowest BCUT2D eigenvalue weighted by Crippen LogP contribution is -2.29. The predicted molar refractivity (Wildman–Crippen MR) is 163 cm³/mol. The van der Waals surface area contributed by atoms with Crippen molar-refractivity contribution in [2.45, 2.75) is 38.9 Å². The predicted octanol–water partition coefficient (Wildman–Crippen LogP) is 6.45. The van der Waals surface area contributed by atoms with Crippen LogP contribution in [-0.4, -0.2) is 35.6 Å². The van der Waals surface area contributed by atoms with Crippen molar-refractivity contribution in [1.82, 2.24) is 0 Å². The van der Waals surface area contributed by atoms with Gasteiger partial charge in [-0.25, -0.2) is 4.79 Å². The van der Waals surface area contributed by atoms with Crippen molar-refractivity contribution >= 4 is 57.4 Å². The number of phenols is 1. The van der Waals surface area contributed by atoms with E-state index in [-0.39, 0.29) is 17.4 Å². The molecular weight excluding hydrogens is 625 g/mol. The standard InChI is InChI=1S/C30H32IN3O6/c1-3-39-27(10-6-7-11-28(37)34-25-9-5-4-8-24(25)32)29(23-18-21(31)14-17-26(23)36)40-30(38)33-22-15-12-20(13-16-22)19(2)35/h4-5,7-9,11-18,27,29,36H,3,6,10,32H2,1-2H3,(H,33,38)(H,34,37)/b11-7+/t27-,29-/m1/s1. The van der Waals surface area contributed by atoms with Crippen LogP contribution in [0.5, 0.6) is 5.75 Å². The van der Waals surface area contributed by atoms with Crippen LogP contribution in [0.25, 0.3) is 0 Å². The van der Waals surface area contributed by atoms with Crippen molar-refractivity contribution in [1.29, 1.82) is 0 Å². The second-order valence-corrected chi connectivity index (χ2v) is 10.1. The van der Waals surface area contributed by atoms with Crippen LogP contribution < -0.4 is 16.4 Å². The van der Waals surface area contributed by atoms with Crippen molar-refractivity contribution in [2.75, 3.05) is 23.0 Å². The second kappa shape index (κ2) is 15.0. The molecule has 10 heteroatoms. The van der Waals surface area contributed by atoms with E-state index in [4.69, 9.17) is 15.2 Å². The molecule has 9 nitrogen and oxygen atoms in total. The molecule has 0 heterocycles. The number of ether oxygens (including phenoxy) is 2. The first-order valence-electron chi connectivity index (χ1n) is 12.7. The van der Waals surface area contributed by atoms with Crippen molar-refractivity contribution in [3.05, 3.63) is 93.6 Å². The zero-order chi connectivity index (χ0) is 29.1. The number of allylic oxidation sites excluding steroid dienone is 1. The smallest absolute Gasteiger partial charge is 0.412 e. The number of nitrogens with one attached hydrogen (secondary N) is 2.